The standard InChI is InChI=1S/C15H13N3OS/c1-3-10-9-16-7-6-11(10)12(4-1)15-17-14(18-19-15)13-5-2-8-20-13/h1-5,8,16H,6-7,9H2. The SMILES string of the molecule is c1csc(-c2noc(-c3cccc4c3CCNC4)n2)c1. The van der Waals surface area contributed by atoms with Gasteiger partial charge < -0.3 is 9.84 Å². The molecule has 20 heavy (non-hydrogen) atoms. The molecule has 0 spiro atoms. The first-order valence-electron chi connectivity index (χ1n) is 6.61. The molecule has 0 radical (unpaired) electrons. The van der Waals surface area contributed by atoms with E-state index in [0.717, 1.165) is 30.0 Å². The van der Waals surface area contributed by atoms with Crippen LogP contribution in [-0.4, -0.2) is 16.7 Å². The molecule has 0 aliphatic carbocycles. The number of benzene rings is 1. The number of thiophene rings is 1. The fraction of sp³-hybridized carbons (Fsp3) is 0.200. The predicted octanol–water partition coefficient (Wildman–Crippen LogP) is 3.11. The zero-order valence-electron chi connectivity index (χ0n) is 10.8. The van der Waals surface area contributed by atoms with Gasteiger partial charge in [0.05, 0.1) is 4.88 Å². The largest absolute Gasteiger partial charge is 0.334 e. The highest BCUT2D eigenvalue weighted by atomic mass is 32.1. The van der Waals surface area contributed by atoms with Gasteiger partial charge in [-0.3, -0.25) is 0 Å². The molecule has 1 N–H and O–H groups in total. The van der Waals surface area contributed by atoms with Crippen LogP contribution in [-0.2, 0) is 13.0 Å². The van der Waals surface area contributed by atoms with E-state index in [1.807, 2.05) is 17.5 Å². The van der Waals surface area contributed by atoms with Gasteiger partial charge in [0.25, 0.3) is 5.89 Å². The maximum atomic E-state index is 5.47. The average Bonchev–Trinajstić information content (AvgIpc) is 3.17. The Morgan fingerprint density at radius 3 is 3.10 bits per heavy atom. The van der Waals surface area contributed by atoms with Gasteiger partial charge in [0.15, 0.2) is 0 Å². The summed E-state index contributed by atoms with van der Waals surface area (Å²) >= 11 is 1.62. The third-order valence-corrected chi connectivity index (χ3v) is 4.40. The quantitative estimate of drug-likeness (QED) is 0.785. The third kappa shape index (κ3) is 1.95. The van der Waals surface area contributed by atoms with Gasteiger partial charge in [-0.15, -0.1) is 11.3 Å². The third-order valence-electron chi connectivity index (χ3n) is 3.54. The zero-order valence-corrected chi connectivity index (χ0v) is 11.6. The summed E-state index contributed by atoms with van der Waals surface area (Å²) in [7, 11) is 0. The highest BCUT2D eigenvalue weighted by molar-refractivity contribution is 7.13. The lowest BCUT2D eigenvalue weighted by molar-refractivity contribution is 0.431. The van der Waals surface area contributed by atoms with E-state index < -0.39 is 0 Å². The highest BCUT2D eigenvalue weighted by Gasteiger charge is 2.18. The van der Waals surface area contributed by atoms with Crippen LogP contribution in [0.1, 0.15) is 11.1 Å². The maximum Gasteiger partial charge on any atom is 0.258 e. The number of hydrogen-bond acceptors (Lipinski definition) is 5. The Morgan fingerprint density at radius 2 is 2.20 bits per heavy atom. The van der Waals surface area contributed by atoms with Gasteiger partial charge in [-0.1, -0.05) is 23.4 Å². The van der Waals surface area contributed by atoms with Crippen molar-refractivity contribution < 1.29 is 4.52 Å². The van der Waals surface area contributed by atoms with Crippen molar-refractivity contribution in [3.8, 4) is 22.2 Å². The molecule has 4 rings (SSSR count). The Kier molecular flexibility index (Phi) is 2.86. The van der Waals surface area contributed by atoms with Crippen molar-refractivity contribution in [2.45, 2.75) is 13.0 Å². The Bertz CT molecular complexity index is 733. The average molecular weight is 283 g/mol. The first-order valence-corrected chi connectivity index (χ1v) is 7.49. The van der Waals surface area contributed by atoms with E-state index in [2.05, 4.69) is 33.7 Å². The predicted molar refractivity (Wildman–Crippen MR) is 78.5 cm³/mol. The molecule has 1 aromatic carbocycles. The van der Waals surface area contributed by atoms with Crippen molar-refractivity contribution in [2.24, 2.45) is 0 Å². The van der Waals surface area contributed by atoms with E-state index in [1.54, 1.807) is 11.3 Å². The van der Waals surface area contributed by atoms with Crippen LogP contribution in [0.3, 0.4) is 0 Å². The summed E-state index contributed by atoms with van der Waals surface area (Å²) in [6.07, 6.45) is 1.00. The van der Waals surface area contributed by atoms with Crippen LogP contribution in [0.4, 0.5) is 0 Å². The second kappa shape index (κ2) is 4.85. The van der Waals surface area contributed by atoms with Crippen LogP contribution in [0.25, 0.3) is 22.2 Å². The molecule has 4 nitrogen and oxygen atoms in total. The Hall–Kier alpha value is -1.98. The lowest BCUT2D eigenvalue weighted by Gasteiger charge is -2.18. The number of nitrogens with zero attached hydrogens (tertiary/aromatic N) is 2. The molecule has 2 aromatic heterocycles. The molecule has 0 amide bonds. The lowest BCUT2D eigenvalue weighted by atomic mass is 9.95. The van der Waals surface area contributed by atoms with Crippen LogP contribution >= 0.6 is 11.3 Å². The molecular formula is C15H13N3OS. The maximum absolute atomic E-state index is 5.47. The molecule has 0 unspecified atom stereocenters. The monoisotopic (exact) mass is 283 g/mol. The number of rotatable bonds is 2. The molecule has 0 fully saturated rings. The zero-order chi connectivity index (χ0) is 13.4. The number of hydrogen-bond donors (Lipinski definition) is 1. The molecule has 0 atom stereocenters. The lowest BCUT2D eigenvalue weighted by Crippen LogP contribution is -2.24. The van der Waals surface area contributed by atoms with Crippen LogP contribution in [0.2, 0.25) is 0 Å². The first kappa shape index (κ1) is 11.8. The van der Waals surface area contributed by atoms with E-state index in [9.17, 15) is 0 Å². The van der Waals surface area contributed by atoms with Gasteiger partial charge in [-0.05, 0) is 41.6 Å². The second-order valence-electron chi connectivity index (χ2n) is 4.77. The minimum absolute atomic E-state index is 0.618. The van der Waals surface area contributed by atoms with Gasteiger partial charge in [-0.25, -0.2) is 0 Å². The first-order chi connectivity index (χ1) is 9.92. The summed E-state index contributed by atoms with van der Waals surface area (Å²) in [5.74, 6) is 1.29. The summed E-state index contributed by atoms with van der Waals surface area (Å²) in [5, 5.41) is 9.49. The molecule has 3 heterocycles. The van der Waals surface area contributed by atoms with Gasteiger partial charge in [0.1, 0.15) is 0 Å². The molecule has 100 valence electrons. The van der Waals surface area contributed by atoms with E-state index in [4.69, 9.17) is 4.52 Å². The van der Waals surface area contributed by atoms with Crippen molar-refractivity contribution in [1.29, 1.82) is 0 Å². The number of fused-ring (bicyclic) bond motifs is 1. The minimum atomic E-state index is 0.618. The molecule has 0 bridgehead atoms. The van der Waals surface area contributed by atoms with Gasteiger partial charge in [-0.2, -0.15) is 4.98 Å². The van der Waals surface area contributed by atoms with E-state index in [0.29, 0.717) is 11.7 Å². The Balaban J connectivity index is 1.78. The summed E-state index contributed by atoms with van der Waals surface area (Å²) < 4.78 is 5.47. The molecule has 3 aromatic rings. The van der Waals surface area contributed by atoms with Crippen LogP contribution < -0.4 is 5.32 Å². The molecule has 1 aliphatic rings. The van der Waals surface area contributed by atoms with Crippen molar-refractivity contribution >= 4 is 11.3 Å². The Morgan fingerprint density at radius 1 is 1.20 bits per heavy atom. The molecule has 0 saturated carbocycles. The van der Waals surface area contributed by atoms with Crippen molar-refractivity contribution in [3.05, 3.63) is 46.8 Å². The molecular weight excluding hydrogens is 270 g/mol. The summed E-state index contributed by atoms with van der Waals surface area (Å²) in [6, 6.07) is 10.3. The molecule has 1 aliphatic heterocycles. The van der Waals surface area contributed by atoms with Crippen molar-refractivity contribution in [2.75, 3.05) is 6.54 Å². The molecule has 5 heteroatoms. The summed E-state index contributed by atoms with van der Waals surface area (Å²) in [5.41, 5.74) is 3.72. The fourth-order valence-corrected chi connectivity index (χ4v) is 3.22. The Labute approximate surface area is 120 Å². The van der Waals surface area contributed by atoms with Crippen molar-refractivity contribution in [1.82, 2.24) is 15.5 Å². The van der Waals surface area contributed by atoms with Gasteiger partial charge in [0.2, 0.25) is 5.82 Å². The van der Waals surface area contributed by atoms with Gasteiger partial charge in [0, 0.05) is 12.1 Å². The van der Waals surface area contributed by atoms with Crippen LogP contribution in [0, 0.1) is 0 Å². The topological polar surface area (TPSA) is 51.0 Å². The van der Waals surface area contributed by atoms with Crippen LogP contribution in [0.15, 0.2) is 40.2 Å². The summed E-state index contributed by atoms with van der Waals surface area (Å²) in [6.45, 7) is 1.91. The number of aromatic nitrogens is 2. The highest BCUT2D eigenvalue weighted by Crippen LogP contribution is 2.29. The smallest absolute Gasteiger partial charge is 0.258 e. The van der Waals surface area contributed by atoms with Crippen molar-refractivity contribution in [3.63, 3.8) is 0 Å². The van der Waals surface area contributed by atoms with Gasteiger partial charge >= 0.3 is 0 Å². The van der Waals surface area contributed by atoms with E-state index in [-0.39, 0.29) is 0 Å². The second-order valence-corrected chi connectivity index (χ2v) is 5.72. The number of nitrogens with one attached hydrogen (secondary N) is 1. The summed E-state index contributed by atoms with van der Waals surface area (Å²) in [4.78, 5) is 5.58. The normalized spacial score (nSPS) is 14.2. The molecule has 0 saturated heterocycles. The minimum Gasteiger partial charge on any atom is -0.334 e. The van der Waals surface area contributed by atoms with Crippen LogP contribution in [0.5, 0.6) is 0 Å². The fourth-order valence-electron chi connectivity index (χ4n) is 2.57. The van der Waals surface area contributed by atoms with E-state index in [1.165, 1.54) is 11.1 Å². The van der Waals surface area contributed by atoms with E-state index >= 15 is 0 Å².